The van der Waals surface area contributed by atoms with Gasteiger partial charge in [0.25, 0.3) is 0 Å². The van der Waals surface area contributed by atoms with Gasteiger partial charge in [-0.1, -0.05) is 34.1 Å². The molecule has 2 aromatic heterocycles. The molecule has 148 valence electrons. The number of aromatic nitrogens is 3. The number of pyridine rings is 1. The summed E-state index contributed by atoms with van der Waals surface area (Å²) in [5.41, 5.74) is 2.32. The number of aryl methyl sites for hydroxylation is 1. The zero-order chi connectivity index (χ0) is 19.2. The van der Waals surface area contributed by atoms with Crippen LogP contribution in [0.3, 0.4) is 0 Å². The van der Waals surface area contributed by atoms with E-state index in [4.69, 9.17) is 0 Å². The van der Waals surface area contributed by atoms with Crippen LogP contribution in [0, 0.1) is 6.92 Å². The monoisotopic (exact) mass is 554 g/mol. The molecule has 8 heteroatoms. The van der Waals surface area contributed by atoms with Crippen LogP contribution in [0.1, 0.15) is 17.0 Å². The van der Waals surface area contributed by atoms with Gasteiger partial charge in [-0.25, -0.2) is 9.97 Å². The van der Waals surface area contributed by atoms with Crippen molar-refractivity contribution in [2.75, 3.05) is 14.1 Å². The number of aliphatic imine (C=N–C) groups is 1. The first-order valence-electron chi connectivity index (χ1n) is 8.68. The first-order valence-corrected chi connectivity index (χ1v) is 9.47. The Morgan fingerprint density at radius 1 is 1.14 bits per heavy atom. The molecule has 0 fully saturated rings. The molecule has 6 nitrogen and oxygen atoms in total. The molecule has 0 aliphatic rings. The lowest BCUT2D eigenvalue weighted by atomic mass is 10.2. The van der Waals surface area contributed by atoms with Crippen LogP contribution in [0.4, 0.5) is 0 Å². The normalized spacial score (nSPS) is 11.1. The second kappa shape index (κ2) is 10.6. The van der Waals surface area contributed by atoms with E-state index in [2.05, 4.69) is 71.4 Å². The second-order valence-corrected chi connectivity index (χ2v) is 7.17. The van der Waals surface area contributed by atoms with Gasteiger partial charge in [0.2, 0.25) is 0 Å². The molecule has 3 aromatic rings. The van der Waals surface area contributed by atoms with Crippen LogP contribution in [-0.4, -0.2) is 39.5 Å². The maximum atomic E-state index is 4.53. The lowest BCUT2D eigenvalue weighted by Gasteiger charge is -2.22. The molecule has 0 aliphatic carbocycles. The molecule has 0 aliphatic heterocycles. The van der Waals surface area contributed by atoms with Gasteiger partial charge in [0, 0.05) is 50.2 Å². The summed E-state index contributed by atoms with van der Waals surface area (Å²) in [5.74, 6) is 2.63. The maximum absolute atomic E-state index is 4.53. The summed E-state index contributed by atoms with van der Waals surface area (Å²) >= 11 is 3.47. The number of hydrogen-bond acceptors (Lipinski definition) is 3. The molecule has 1 aromatic carbocycles. The number of benzene rings is 1. The van der Waals surface area contributed by atoms with E-state index in [0.717, 1.165) is 34.2 Å². The topological polar surface area (TPSA) is 58.3 Å². The summed E-state index contributed by atoms with van der Waals surface area (Å²) in [6.07, 6.45) is 5.57. The van der Waals surface area contributed by atoms with Crippen molar-refractivity contribution in [1.29, 1.82) is 0 Å². The van der Waals surface area contributed by atoms with E-state index in [1.54, 1.807) is 13.2 Å². The molecule has 0 atom stereocenters. The van der Waals surface area contributed by atoms with Crippen molar-refractivity contribution >= 4 is 45.9 Å². The third-order valence-corrected chi connectivity index (χ3v) is 4.77. The van der Waals surface area contributed by atoms with Crippen LogP contribution < -0.4 is 5.32 Å². The van der Waals surface area contributed by atoms with Gasteiger partial charge in [-0.3, -0.25) is 9.56 Å². The molecule has 0 unspecified atom stereocenters. The highest BCUT2D eigenvalue weighted by molar-refractivity contribution is 14.0. The predicted octanol–water partition coefficient (Wildman–Crippen LogP) is 4.16. The molecular formula is C20H24BrIN6. The largest absolute Gasteiger partial charge is 0.352 e. The lowest BCUT2D eigenvalue weighted by molar-refractivity contribution is 0.476. The van der Waals surface area contributed by atoms with Crippen molar-refractivity contribution in [1.82, 2.24) is 24.8 Å². The number of nitrogens with zero attached hydrogens (tertiary/aromatic N) is 5. The highest BCUT2D eigenvalue weighted by Gasteiger charge is 2.07. The summed E-state index contributed by atoms with van der Waals surface area (Å²) in [5, 5.41) is 3.39. The Balaban J connectivity index is 0.00000280. The summed E-state index contributed by atoms with van der Waals surface area (Å²) < 4.78 is 3.04. The average Bonchev–Trinajstić information content (AvgIpc) is 3.10. The van der Waals surface area contributed by atoms with Crippen molar-refractivity contribution in [2.45, 2.75) is 20.0 Å². The van der Waals surface area contributed by atoms with Crippen LogP contribution in [0.25, 0.3) is 5.82 Å². The Bertz CT molecular complexity index is 905. The van der Waals surface area contributed by atoms with E-state index >= 15 is 0 Å². The standard InChI is InChI=1S/C20H23BrN6.HI/c1-15-23-10-11-27(15)19-9-6-17(12-24-19)13-25-20(22-2)26(3)14-16-4-7-18(21)8-5-16;/h4-12H,13-14H2,1-3H3,(H,22,25);1H. The Kier molecular flexibility index (Phi) is 8.43. The number of nitrogens with one attached hydrogen (secondary N) is 1. The number of rotatable bonds is 5. The smallest absolute Gasteiger partial charge is 0.193 e. The maximum Gasteiger partial charge on any atom is 0.193 e. The fourth-order valence-electron chi connectivity index (χ4n) is 2.79. The minimum absolute atomic E-state index is 0. The van der Waals surface area contributed by atoms with Crippen LogP contribution in [0.5, 0.6) is 0 Å². The fourth-order valence-corrected chi connectivity index (χ4v) is 3.05. The van der Waals surface area contributed by atoms with Crippen LogP contribution in [0.2, 0.25) is 0 Å². The van der Waals surface area contributed by atoms with Gasteiger partial charge in [-0.05, 0) is 36.2 Å². The lowest BCUT2D eigenvalue weighted by Crippen LogP contribution is -2.38. The Morgan fingerprint density at radius 3 is 2.43 bits per heavy atom. The minimum Gasteiger partial charge on any atom is -0.352 e. The molecule has 1 N–H and O–H groups in total. The molecule has 28 heavy (non-hydrogen) atoms. The van der Waals surface area contributed by atoms with Gasteiger partial charge in [0.15, 0.2) is 5.96 Å². The minimum atomic E-state index is 0. The highest BCUT2D eigenvalue weighted by atomic mass is 127. The molecule has 0 spiro atoms. The van der Waals surface area contributed by atoms with Gasteiger partial charge >= 0.3 is 0 Å². The van der Waals surface area contributed by atoms with Crippen molar-refractivity contribution in [3.05, 3.63) is 76.4 Å². The average molecular weight is 555 g/mol. The third-order valence-electron chi connectivity index (χ3n) is 4.24. The van der Waals surface area contributed by atoms with E-state index in [-0.39, 0.29) is 24.0 Å². The number of imidazole rings is 1. The van der Waals surface area contributed by atoms with E-state index in [1.807, 2.05) is 37.0 Å². The number of hydrogen-bond donors (Lipinski definition) is 1. The zero-order valence-electron chi connectivity index (χ0n) is 16.1. The van der Waals surface area contributed by atoms with Gasteiger partial charge in [-0.15, -0.1) is 24.0 Å². The fraction of sp³-hybridized carbons (Fsp3) is 0.250. The molecule has 2 heterocycles. The quantitative estimate of drug-likeness (QED) is 0.292. The summed E-state index contributed by atoms with van der Waals surface area (Å²) in [4.78, 5) is 15.2. The first kappa shape index (κ1) is 22.4. The SMILES string of the molecule is CN=C(NCc1ccc(-n2ccnc2C)nc1)N(C)Cc1ccc(Br)cc1.I. The van der Waals surface area contributed by atoms with Crippen LogP contribution in [-0.2, 0) is 13.1 Å². The van der Waals surface area contributed by atoms with Crippen molar-refractivity contribution in [2.24, 2.45) is 4.99 Å². The third kappa shape index (κ3) is 5.78. The van der Waals surface area contributed by atoms with Gasteiger partial charge in [0.05, 0.1) is 0 Å². The van der Waals surface area contributed by atoms with E-state index in [0.29, 0.717) is 6.54 Å². The van der Waals surface area contributed by atoms with Crippen molar-refractivity contribution in [3.63, 3.8) is 0 Å². The van der Waals surface area contributed by atoms with E-state index < -0.39 is 0 Å². The Morgan fingerprint density at radius 2 is 1.86 bits per heavy atom. The highest BCUT2D eigenvalue weighted by Crippen LogP contribution is 2.12. The molecule has 0 radical (unpaired) electrons. The van der Waals surface area contributed by atoms with Crippen LogP contribution in [0.15, 0.2) is 64.5 Å². The van der Waals surface area contributed by atoms with Gasteiger partial charge in [-0.2, -0.15) is 0 Å². The first-order chi connectivity index (χ1) is 13.1. The molecule has 0 amide bonds. The predicted molar refractivity (Wildman–Crippen MR) is 127 cm³/mol. The summed E-state index contributed by atoms with van der Waals surface area (Å²) in [6, 6.07) is 12.4. The van der Waals surface area contributed by atoms with E-state index in [1.165, 1.54) is 5.56 Å². The van der Waals surface area contributed by atoms with Crippen molar-refractivity contribution in [3.8, 4) is 5.82 Å². The molecule has 0 saturated carbocycles. The Labute approximate surface area is 191 Å². The second-order valence-electron chi connectivity index (χ2n) is 6.25. The number of halogens is 2. The molecule has 3 rings (SSSR count). The van der Waals surface area contributed by atoms with Crippen molar-refractivity contribution < 1.29 is 0 Å². The molecular weight excluding hydrogens is 531 g/mol. The summed E-state index contributed by atoms with van der Waals surface area (Å²) in [7, 11) is 3.82. The molecule has 0 saturated heterocycles. The Hall–Kier alpha value is -1.94. The zero-order valence-corrected chi connectivity index (χ0v) is 20.0. The molecule has 0 bridgehead atoms. The summed E-state index contributed by atoms with van der Waals surface area (Å²) in [6.45, 7) is 3.40. The van der Waals surface area contributed by atoms with Gasteiger partial charge < -0.3 is 10.2 Å². The van der Waals surface area contributed by atoms with Crippen LogP contribution >= 0.6 is 39.9 Å². The van der Waals surface area contributed by atoms with Gasteiger partial charge in [0.1, 0.15) is 11.6 Å². The number of guanidine groups is 1. The van der Waals surface area contributed by atoms with E-state index in [9.17, 15) is 0 Å².